The molecule has 4 aromatic carbocycles. The first-order chi connectivity index (χ1) is 17.7. The summed E-state index contributed by atoms with van der Waals surface area (Å²) >= 11 is 0. The van der Waals surface area contributed by atoms with Gasteiger partial charge < -0.3 is 15.2 Å². The highest BCUT2D eigenvalue weighted by Gasteiger charge is 2.37. The van der Waals surface area contributed by atoms with Gasteiger partial charge in [0.1, 0.15) is 11.9 Å². The van der Waals surface area contributed by atoms with Gasteiger partial charge in [-0.1, -0.05) is 66.7 Å². The average molecular weight is 506 g/mol. The van der Waals surface area contributed by atoms with E-state index in [2.05, 4.69) is 36.5 Å². The van der Waals surface area contributed by atoms with Gasteiger partial charge in [-0.3, -0.25) is 0 Å². The maximum atomic E-state index is 13.7. The van der Waals surface area contributed by atoms with Crippen LogP contribution in [0.15, 0.2) is 84.9 Å². The number of fused-ring (bicyclic) bond motifs is 2. The third kappa shape index (κ3) is 5.04. The molecule has 4 aromatic rings. The Morgan fingerprint density at radius 2 is 1.76 bits per heavy atom. The first kappa shape index (κ1) is 24.8. The molecule has 1 aliphatic rings. The molecule has 190 valence electrons. The Morgan fingerprint density at radius 1 is 1.03 bits per heavy atom. The van der Waals surface area contributed by atoms with Crippen molar-refractivity contribution in [2.45, 2.75) is 37.6 Å². The van der Waals surface area contributed by atoms with Crippen molar-refractivity contribution in [3.8, 4) is 5.75 Å². The number of hydrogen-bond acceptors (Lipinski definition) is 3. The fourth-order valence-corrected chi connectivity index (χ4v) is 5.18. The average Bonchev–Trinajstić information content (AvgIpc) is 2.90. The smallest absolute Gasteiger partial charge is 0.417 e. The Labute approximate surface area is 212 Å². The van der Waals surface area contributed by atoms with E-state index in [-0.39, 0.29) is 18.1 Å². The van der Waals surface area contributed by atoms with Gasteiger partial charge in [0.2, 0.25) is 0 Å². The number of alkyl halides is 3. The molecule has 0 fully saturated rings. The van der Waals surface area contributed by atoms with Crippen molar-refractivity contribution in [2.75, 3.05) is 6.54 Å². The zero-order chi connectivity index (χ0) is 26.2. The largest absolute Gasteiger partial charge is 0.489 e. The summed E-state index contributed by atoms with van der Waals surface area (Å²) in [5.74, 6) is -1.34. The number of nitrogens with one attached hydrogen (secondary N) is 1. The van der Waals surface area contributed by atoms with Crippen LogP contribution in [0.1, 0.15) is 57.9 Å². The van der Waals surface area contributed by atoms with Gasteiger partial charge in [0.25, 0.3) is 0 Å². The minimum atomic E-state index is -4.77. The molecule has 0 spiro atoms. The lowest BCUT2D eigenvalue weighted by atomic mass is 9.83. The molecule has 0 aromatic heterocycles. The molecule has 2 N–H and O–H groups in total. The van der Waals surface area contributed by atoms with Crippen molar-refractivity contribution in [3.05, 3.63) is 113 Å². The summed E-state index contributed by atoms with van der Waals surface area (Å²) in [4.78, 5) is 11.4. The van der Waals surface area contributed by atoms with E-state index in [1.54, 1.807) is 0 Å². The second-order valence-corrected chi connectivity index (χ2v) is 9.37. The Hall–Kier alpha value is -3.84. The number of para-hydroxylation sites is 1. The molecule has 7 heteroatoms. The summed E-state index contributed by atoms with van der Waals surface area (Å²) in [5, 5.41) is 15.1. The lowest BCUT2D eigenvalue weighted by Crippen LogP contribution is -2.37. The van der Waals surface area contributed by atoms with E-state index in [0.717, 1.165) is 34.0 Å². The van der Waals surface area contributed by atoms with Gasteiger partial charge in [-0.25, -0.2) is 4.79 Å². The fraction of sp³-hybridized carbons (Fsp3) is 0.233. The summed E-state index contributed by atoms with van der Waals surface area (Å²) < 4.78 is 47.4. The second-order valence-electron chi connectivity index (χ2n) is 9.37. The van der Waals surface area contributed by atoms with Crippen LogP contribution in [0.3, 0.4) is 0 Å². The molecule has 0 saturated heterocycles. The molecule has 0 bridgehead atoms. The van der Waals surface area contributed by atoms with Crippen LogP contribution in [0.25, 0.3) is 10.8 Å². The van der Waals surface area contributed by atoms with E-state index >= 15 is 0 Å². The van der Waals surface area contributed by atoms with E-state index in [9.17, 15) is 23.1 Å². The molecular formula is C30H26F3NO3. The third-order valence-electron chi connectivity index (χ3n) is 7.01. The summed E-state index contributed by atoms with van der Waals surface area (Å²) in [6.45, 7) is 2.57. The van der Waals surface area contributed by atoms with E-state index in [1.807, 2.05) is 42.5 Å². The lowest BCUT2D eigenvalue weighted by Gasteiger charge is -2.34. The van der Waals surface area contributed by atoms with Crippen LogP contribution < -0.4 is 10.1 Å². The maximum absolute atomic E-state index is 13.7. The van der Waals surface area contributed by atoms with Crippen LogP contribution >= 0.6 is 0 Å². The summed E-state index contributed by atoms with van der Waals surface area (Å²) in [6, 6.07) is 25.2. The molecule has 0 amide bonds. The Kier molecular flexibility index (Phi) is 6.65. The fourth-order valence-electron chi connectivity index (χ4n) is 5.18. The number of halogens is 3. The first-order valence-electron chi connectivity index (χ1n) is 12.1. The molecule has 4 nitrogen and oxygen atoms in total. The maximum Gasteiger partial charge on any atom is 0.417 e. The van der Waals surface area contributed by atoms with E-state index in [4.69, 9.17) is 4.74 Å². The van der Waals surface area contributed by atoms with Gasteiger partial charge in [0.15, 0.2) is 0 Å². The molecule has 3 atom stereocenters. The monoisotopic (exact) mass is 505 g/mol. The van der Waals surface area contributed by atoms with Crippen molar-refractivity contribution < 1.29 is 27.8 Å². The van der Waals surface area contributed by atoms with Crippen LogP contribution in [0, 0.1) is 0 Å². The zero-order valence-electron chi connectivity index (χ0n) is 20.1. The van der Waals surface area contributed by atoms with Crippen molar-refractivity contribution in [1.29, 1.82) is 0 Å². The minimum Gasteiger partial charge on any atom is -0.489 e. The first-order valence-corrected chi connectivity index (χ1v) is 12.1. The summed E-state index contributed by atoms with van der Waals surface area (Å²) in [5.41, 5.74) is 0.474. The molecular weight excluding hydrogens is 479 g/mol. The van der Waals surface area contributed by atoms with Crippen molar-refractivity contribution in [2.24, 2.45) is 0 Å². The summed E-state index contributed by atoms with van der Waals surface area (Å²) in [7, 11) is 0. The molecule has 37 heavy (non-hydrogen) atoms. The molecule has 1 heterocycles. The molecule has 0 saturated carbocycles. The molecule has 1 aliphatic heterocycles. The van der Waals surface area contributed by atoms with Crippen LogP contribution in [-0.2, 0) is 6.18 Å². The Balaban J connectivity index is 1.42. The second kappa shape index (κ2) is 9.90. The van der Waals surface area contributed by atoms with Crippen molar-refractivity contribution >= 4 is 16.7 Å². The highest BCUT2D eigenvalue weighted by molar-refractivity contribution is 5.90. The predicted molar refractivity (Wildman–Crippen MR) is 136 cm³/mol. The predicted octanol–water partition coefficient (Wildman–Crippen LogP) is 7.19. The van der Waals surface area contributed by atoms with Crippen LogP contribution in [0.2, 0.25) is 0 Å². The highest BCUT2D eigenvalue weighted by atomic mass is 19.4. The Bertz CT molecular complexity index is 1440. The molecule has 2 unspecified atom stereocenters. The number of carboxylic acids is 1. The topological polar surface area (TPSA) is 58.6 Å². The van der Waals surface area contributed by atoms with Gasteiger partial charge in [0.05, 0.1) is 11.1 Å². The number of benzene rings is 4. The van der Waals surface area contributed by atoms with E-state index in [0.29, 0.717) is 24.3 Å². The number of ether oxygens (including phenoxy) is 1. The van der Waals surface area contributed by atoms with E-state index < -0.39 is 23.3 Å². The number of hydrogen-bond donors (Lipinski definition) is 2. The zero-order valence-corrected chi connectivity index (χ0v) is 20.1. The van der Waals surface area contributed by atoms with Crippen LogP contribution in [0.4, 0.5) is 13.2 Å². The quantitative estimate of drug-likeness (QED) is 0.291. The number of carboxylic acid groups (broad SMARTS) is 1. The third-order valence-corrected chi connectivity index (χ3v) is 7.01. The Morgan fingerprint density at radius 3 is 2.54 bits per heavy atom. The normalized spacial score (nSPS) is 18.2. The SMILES string of the molecule is C[C@@H](NCC1CC(c2ccc(C(=O)O)c(C(F)(F)F)c2)c2ccccc2O1)c1cccc2ccccc12. The van der Waals surface area contributed by atoms with Gasteiger partial charge in [-0.15, -0.1) is 0 Å². The standard InChI is InChI=1S/C30H26F3NO3/c1-18(22-11-6-8-19-7-2-3-9-23(19)22)34-17-21-16-26(24-10-4-5-12-28(24)37-21)20-13-14-25(29(35)36)27(15-20)30(31,32)33/h2-15,18,21,26,34H,16-17H2,1H3,(H,35,36)/t18-,21?,26?/m1/s1. The lowest BCUT2D eigenvalue weighted by molar-refractivity contribution is -0.138. The van der Waals surface area contributed by atoms with Crippen LogP contribution in [-0.4, -0.2) is 23.7 Å². The van der Waals surface area contributed by atoms with Crippen molar-refractivity contribution in [3.63, 3.8) is 0 Å². The summed E-state index contributed by atoms with van der Waals surface area (Å²) in [6.07, 6.45) is -4.61. The number of aromatic carboxylic acids is 1. The van der Waals surface area contributed by atoms with Gasteiger partial charge >= 0.3 is 12.1 Å². The highest BCUT2D eigenvalue weighted by Crippen LogP contribution is 2.42. The van der Waals surface area contributed by atoms with Gasteiger partial charge in [-0.05, 0) is 53.4 Å². The van der Waals surface area contributed by atoms with Gasteiger partial charge in [-0.2, -0.15) is 13.2 Å². The molecule has 0 aliphatic carbocycles. The number of rotatable bonds is 6. The molecule has 0 radical (unpaired) electrons. The van der Waals surface area contributed by atoms with Crippen molar-refractivity contribution in [1.82, 2.24) is 5.32 Å². The minimum absolute atomic E-state index is 0.0250. The van der Waals surface area contributed by atoms with Gasteiger partial charge in [0, 0.05) is 24.1 Å². The number of carbonyl (C=O) groups is 1. The van der Waals surface area contributed by atoms with E-state index in [1.165, 1.54) is 6.07 Å². The van der Waals surface area contributed by atoms with Crippen LogP contribution in [0.5, 0.6) is 5.75 Å². The molecule has 5 rings (SSSR count).